The van der Waals surface area contributed by atoms with Gasteiger partial charge in [-0.3, -0.25) is 14.9 Å². The number of carbonyl (C=O) groups is 2. The number of aromatic nitrogens is 3. The Morgan fingerprint density at radius 2 is 1.97 bits per heavy atom. The van der Waals surface area contributed by atoms with Crippen molar-refractivity contribution in [1.82, 2.24) is 20.1 Å². The van der Waals surface area contributed by atoms with Crippen molar-refractivity contribution in [2.24, 2.45) is 0 Å². The average molecular weight is 506 g/mol. The zero-order valence-electron chi connectivity index (χ0n) is 19.6. The first kappa shape index (κ1) is 23.5. The summed E-state index contributed by atoms with van der Waals surface area (Å²) in [6, 6.07) is 12.0. The van der Waals surface area contributed by atoms with Crippen LogP contribution in [-0.4, -0.2) is 51.1 Å². The number of hydrogen-bond acceptors (Lipinski definition) is 9. The van der Waals surface area contributed by atoms with Crippen molar-refractivity contribution in [1.29, 1.82) is 0 Å². The number of thiazole rings is 1. The highest BCUT2D eigenvalue weighted by atomic mass is 32.1. The second-order valence-electron chi connectivity index (χ2n) is 8.05. The second kappa shape index (κ2) is 10.2. The van der Waals surface area contributed by atoms with E-state index in [2.05, 4.69) is 20.5 Å². The van der Waals surface area contributed by atoms with Crippen LogP contribution in [0.5, 0.6) is 17.2 Å². The fourth-order valence-electron chi connectivity index (χ4n) is 3.80. The monoisotopic (exact) mass is 505 g/mol. The van der Waals surface area contributed by atoms with Gasteiger partial charge >= 0.3 is 0 Å². The van der Waals surface area contributed by atoms with E-state index >= 15 is 0 Å². The topological polar surface area (TPSA) is 120 Å². The van der Waals surface area contributed by atoms with Crippen molar-refractivity contribution < 1.29 is 23.5 Å². The van der Waals surface area contributed by atoms with Gasteiger partial charge < -0.3 is 18.8 Å². The highest BCUT2D eigenvalue weighted by molar-refractivity contribution is 7.13. The molecule has 2 aromatic heterocycles. The van der Waals surface area contributed by atoms with E-state index in [1.54, 1.807) is 65.9 Å². The maximum Gasteiger partial charge on any atom is 0.263 e. The standard InChI is InChI=1S/C25H23N5O5S/c1-3-30-10-8-21(24(30)32)35-20-13-17(22(31)27-25-26-9-11-36-25)12-19(14-20)34-18-6-4-16(5-7-18)23-29-28-15(2)33-23/h4-7,9,11-14,21H,3,8,10H2,1-2H3,(H,26,27,31)/t21-/m0/s1. The van der Waals surface area contributed by atoms with Crippen molar-refractivity contribution in [3.8, 4) is 28.7 Å². The van der Waals surface area contributed by atoms with Gasteiger partial charge in [-0.25, -0.2) is 4.98 Å². The van der Waals surface area contributed by atoms with Crippen LogP contribution in [-0.2, 0) is 4.79 Å². The normalized spacial score (nSPS) is 15.2. The van der Waals surface area contributed by atoms with Crippen LogP contribution >= 0.6 is 11.3 Å². The maximum absolute atomic E-state index is 12.9. The van der Waals surface area contributed by atoms with Gasteiger partial charge in [0.2, 0.25) is 11.8 Å². The number of nitrogens with one attached hydrogen (secondary N) is 1. The largest absolute Gasteiger partial charge is 0.480 e. The summed E-state index contributed by atoms with van der Waals surface area (Å²) in [5, 5.41) is 12.9. The molecule has 0 spiro atoms. The number of benzene rings is 2. The van der Waals surface area contributed by atoms with Crippen LogP contribution in [0.2, 0.25) is 0 Å². The molecule has 1 atom stereocenters. The van der Waals surface area contributed by atoms with Crippen LogP contribution < -0.4 is 14.8 Å². The third-order valence-corrected chi connectivity index (χ3v) is 6.25. The van der Waals surface area contributed by atoms with E-state index in [-0.39, 0.29) is 11.8 Å². The summed E-state index contributed by atoms with van der Waals surface area (Å²) >= 11 is 1.31. The summed E-state index contributed by atoms with van der Waals surface area (Å²) in [5.74, 6) is 1.75. The molecule has 1 N–H and O–H groups in total. The first-order valence-corrected chi connectivity index (χ1v) is 12.3. The minimum absolute atomic E-state index is 0.0653. The lowest BCUT2D eigenvalue weighted by Crippen LogP contribution is -2.32. The zero-order valence-corrected chi connectivity index (χ0v) is 20.4. The van der Waals surface area contributed by atoms with E-state index in [9.17, 15) is 9.59 Å². The molecule has 4 aromatic rings. The van der Waals surface area contributed by atoms with Crippen molar-refractivity contribution in [2.45, 2.75) is 26.4 Å². The molecule has 1 aliphatic heterocycles. The lowest BCUT2D eigenvalue weighted by atomic mass is 10.1. The number of likely N-dealkylation sites (N-methyl/N-ethyl adjacent to an activating group) is 1. The summed E-state index contributed by atoms with van der Waals surface area (Å²) in [4.78, 5) is 31.3. The van der Waals surface area contributed by atoms with Crippen molar-refractivity contribution in [3.05, 3.63) is 65.5 Å². The number of anilines is 1. The minimum Gasteiger partial charge on any atom is -0.480 e. The molecule has 5 rings (SSSR count). The fraction of sp³-hybridized carbons (Fsp3) is 0.240. The Bertz CT molecular complexity index is 1370. The van der Waals surface area contributed by atoms with Crippen molar-refractivity contribution >= 4 is 28.3 Å². The number of ether oxygens (including phenoxy) is 2. The number of nitrogens with zero attached hydrogens (tertiary/aromatic N) is 4. The van der Waals surface area contributed by atoms with E-state index in [4.69, 9.17) is 13.9 Å². The molecular formula is C25H23N5O5S. The van der Waals surface area contributed by atoms with Crippen LogP contribution in [0, 0.1) is 6.92 Å². The first-order chi connectivity index (χ1) is 17.5. The molecule has 0 aliphatic carbocycles. The molecule has 184 valence electrons. The summed E-state index contributed by atoms with van der Waals surface area (Å²) in [6.07, 6.45) is 1.58. The Morgan fingerprint density at radius 3 is 2.64 bits per heavy atom. The van der Waals surface area contributed by atoms with E-state index in [1.165, 1.54) is 11.3 Å². The van der Waals surface area contributed by atoms with Crippen LogP contribution in [0.15, 0.2) is 58.5 Å². The van der Waals surface area contributed by atoms with Crippen LogP contribution in [0.25, 0.3) is 11.5 Å². The van der Waals surface area contributed by atoms with E-state index in [0.717, 1.165) is 5.56 Å². The quantitative estimate of drug-likeness (QED) is 0.370. The smallest absolute Gasteiger partial charge is 0.263 e. The summed E-state index contributed by atoms with van der Waals surface area (Å²) in [5.41, 5.74) is 1.07. The van der Waals surface area contributed by atoms with Gasteiger partial charge in [-0.2, -0.15) is 0 Å². The maximum atomic E-state index is 12.9. The van der Waals surface area contributed by atoms with Gasteiger partial charge in [0.15, 0.2) is 11.2 Å². The van der Waals surface area contributed by atoms with E-state index in [1.807, 2.05) is 6.92 Å². The van der Waals surface area contributed by atoms with Gasteiger partial charge in [0.05, 0.1) is 0 Å². The lowest BCUT2D eigenvalue weighted by Gasteiger charge is -2.16. The molecule has 1 aliphatic rings. The van der Waals surface area contributed by atoms with Crippen LogP contribution in [0.3, 0.4) is 0 Å². The molecule has 36 heavy (non-hydrogen) atoms. The van der Waals surface area contributed by atoms with Gasteiger partial charge in [-0.15, -0.1) is 21.5 Å². The SMILES string of the molecule is CCN1CC[C@H](Oc2cc(Oc3ccc(-c4nnc(C)o4)cc3)cc(C(=O)Nc3nccs3)c2)C1=O. The molecule has 3 heterocycles. The molecule has 0 unspecified atom stereocenters. The highest BCUT2D eigenvalue weighted by Gasteiger charge is 2.32. The van der Waals surface area contributed by atoms with Gasteiger partial charge in [0.25, 0.3) is 11.8 Å². The molecule has 2 amide bonds. The Labute approximate surface area is 210 Å². The average Bonchev–Trinajstić information content (AvgIpc) is 3.62. The third kappa shape index (κ3) is 5.20. The number of amides is 2. The van der Waals surface area contributed by atoms with Gasteiger partial charge in [-0.05, 0) is 43.3 Å². The predicted molar refractivity (Wildman–Crippen MR) is 132 cm³/mol. The molecule has 2 aromatic carbocycles. The molecular weight excluding hydrogens is 482 g/mol. The predicted octanol–water partition coefficient (Wildman–Crippen LogP) is 4.55. The van der Waals surface area contributed by atoms with Crippen molar-refractivity contribution in [3.63, 3.8) is 0 Å². The highest BCUT2D eigenvalue weighted by Crippen LogP contribution is 2.31. The molecule has 0 bridgehead atoms. The fourth-order valence-corrected chi connectivity index (χ4v) is 4.32. The summed E-state index contributed by atoms with van der Waals surface area (Å²) < 4.78 is 17.5. The number of hydrogen-bond donors (Lipinski definition) is 1. The third-order valence-electron chi connectivity index (χ3n) is 5.57. The Hall–Kier alpha value is -4.25. The molecule has 1 fully saturated rings. The molecule has 11 heteroatoms. The number of carbonyl (C=O) groups excluding carboxylic acids is 2. The number of aryl methyl sites for hydroxylation is 1. The van der Waals surface area contributed by atoms with Crippen molar-refractivity contribution in [2.75, 3.05) is 18.4 Å². The van der Waals surface area contributed by atoms with E-state index < -0.39 is 6.10 Å². The van der Waals surface area contributed by atoms with Gasteiger partial charge in [-0.1, -0.05) is 0 Å². The lowest BCUT2D eigenvalue weighted by molar-refractivity contribution is -0.133. The first-order valence-electron chi connectivity index (χ1n) is 11.4. The Kier molecular flexibility index (Phi) is 6.63. The van der Waals surface area contributed by atoms with Crippen LogP contribution in [0.1, 0.15) is 29.6 Å². The van der Waals surface area contributed by atoms with E-state index in [0.29, 0.717) is 59.2 Å². The zero-order chi connectivity index (χ0) is 25.1. The Balaban J connectivity index is 1.39. The summed E-state index contributed by atoms with van der Waals surface area (Å²) in [7, 11) is 0. The van der Waals surface area contributed by atoms with Crippen LogP contribution in [0.4, 0.5) is 5.13 Å². The molecule has 10 nitrogen and oxygen atoms in total. The number of rotatable bonds is 8. The molecule has 1 saturated heterocycles. The second-order valence-corrected chi connectivity index (χ2v) is 8.94. The Morgan fingerprint density at radius 1 is 1.17 bits per heavy atom. The molecule has 0 radical (unpaired) electrons. The van der Waals surface area contributed by atoms with Gasteiger partial charge in [0.1, 0.15) is 17.2 Å². The number of likely N-dealkylation sites (tertiary alicyclic amines) is 1. The van der Waals surface area contributed by atoms with Gasteiger partial charge in [0, 0.05) is 55.2 Å². The minimum atomic E-state index is -0.604. The molecule has 0 saturated carbocycles. The summed E-state index contributed by atoms with van der Waals surface area (Å²) in [6.45, 7) is 4.92.